The summed E-state index contributed by atoms with van der Waals surface area (Å²) in [5, 5.41) is 11.1. The fourth-order valence-electron chi connectivity index (χ4n) is 2.72. The first-order valence-corrected chi connectivity index (χ1v) is 8.81. The molecule has 1 fully saturated rings. The zero-order valence-corrected chi connectivity index (χ0v) is 14.6. The molecular formula is C18H26N4O3. The van der Waals surface area contributed by atoms with Crippen LogP contribution in [0.2, 0.25) is 0 Å². The Morgan fingerprint density at radius 2 is 1.56 bits per heavy atom. The molecule has 2 rings (SSSR count). The highest BCUT2D eigenvalue weighted by Gasteiger charge is 2.16. The van der Waals surface area contributed by atoms with E-state index >= 15 is 0 Å². The van der Waals surface area contributed by atoms with Crippen LogP contribution in [0.5, 0.6) is 0 Å². The van der Waals surface area contributed by atoms with Gasteiger partial charge >= 0.3 is 6.03 Å². The monoisotopic (exact) mass is 346 g/mol. The van der Waals surface area contributed by atoms with Crippen LogP contribution in [-0.4, -0.2) is 30.4 Å². The van der Waals surface area contributed by atoms with E-state index in [0.29, 0.717) is 23.8 Å². The summed E-state index contributed by atoms with van der Waals surface area (Å²) in [6.45, 7) is 2.07. The lowest BCUT2D eigenvalue weighted by Gasteiger charge is -2.12. The van der Waals surface area contributed by atoms with Crippen molar-refractivity contribution in [2.24, 2.45) is 0 Å². The number of carbonyl (C=O) groups excluding carboxylic acids is 3. The van der Waals surface area contributed by atoms with Gasteiger partial charge in [-0.25, -0.2) is 4.79 Å². The number of benzene rings is 1. The van der Waals surface area contributed by atoms with Gasteiger partial charge in [-0.15, -0.1) is 0 Å². The Balaban J connectivity index is 1.65. The molecule has 7 heteroatoms. The van der Waals surface area contributed by atoms with Gasteiger partial charge in [0.15, 0.2) is 0 Å². The van der Waals surface area contributed by atoms with Gasteiger partial charge < -0.3 is 21.3 Å². The van der Waals surface area contributed by atoms with Gasteiger partial charge in [0, 0.05) is 36.8 Å². The SMILES string of the molecule is CCC(=O)Nc1ccc(NC(=O)NCCC(=O)NC2CCCC2)cc1. The summed E-state index contributed by atoms with van der Waals surface area (Å²) in [6.07, 6.45) is 5.13. The number of rotatable bonds is 7. The normalized spacial score (nSPS) is 14.0. The molecule has 0 spiro atoms. The van der Waals surface area contributed by atoms with Crippen molar-refractivity contribution in [1.82, 2.24) is 10.6 Å². The molecule has 0 aliphatic heterocycles. The number of urea groups is 1. The molecule has 7 nitrogen and oxygen atoms in total. The van der Waals surface area contributed by atoms with Crippen molar-refractivity contribution in [3.8, 4) is 0 Å². The second-order valence-corrected chi connectivity index (χ2v) is 6.16. The summed E-state index contributed by atoms with van der Waals surface area (Å²) in [6, 6.07) is 6.79. The molecule has 0 atom stereocenters. The van der Waals surface area contributed by atoms with Gasteiger partial charge in [0.05, 0.1) is 0 Å². The van der Waals surface area contributed by atoms with E-state index in [-0.39, 0.29) is 30.8 Å². The predicted octanol–water partition coefficient (Wildman–Crippen LogP) is 2.61. The molecule has 1 aliphatic carbocycles. The van der Waals surface area contributed by atoms with Crippen LogP contribution in [0.3, 0.4) is 0 Å². The van der Waals surface area contributed by atoms with Gasteiger partial charge in [-0.2, -0.15) is 0 Å². The van der Waals surface area contributed by atoms with Gasteiger partial charge in [-0.05, 0) is 37.1 Å². The second-order valence-electron chi connectivity index (χ2n) is 6.16. The zero-order chi connectivity index (χ0) is 18.1. The molecule has 1 aromatic carbocycles. The van der Waals surface area contributed by atoms with Gasteiger partial charge in [0.1, 0.15) is 0 Å². The Bertz CT molecular complexity index is 595. The average molecular weight is 346 g/mol. The van der Waals surface area contributed by atoms with E-state index < -0.39 is 0 Å². The fraction of sp³-hybridized carbons (Fsp3) is 0.500. The fourth-order valence-corrected chi connectivity index (χ4v) is 2.72. The lowest BCUT2D eigenvalue weighted by Crippen LogP contribution is -2.36. The van der Waals surface area contributed by atoms with Gasteiger partial charge in [-0.3, -0.25) is 9.59 Å². The van der Waals surface area contributed by atoms with Crippen LogP contribution in [0.1, 0.15) is 45.4 Å². The molecule has 0 unspecified atom stereocenters. The Hall–Kier alpha value is -2.57. The molecule has 25 heavy (non-hydrogen) atoms. The highest BCUT2D eigenvalue weighted by Crippen LogP contribution is 2.17. The molecule has 1 aliphatic rings. The van der Waals surface area contributed by atoms with Gasteiger partial charge in [0.25, 0.3) is 0 Å². The van der Waals surface area contributed by atoms with E-state index in [1.807, 2.05) is 0 Å². The summed E-state index contributed by atoms with van der Waals surface area (Å²) >= 11 is 0. The molecule has 1 saturated carbocycles. The van der Waals surface area contributed by atoms with E-state index in [1.54, 1.807) is 31.2 Å². The summed E-state index contributed by atoms with van der Waals surface area (Å²) < 4.78 is 0. The first-order valence-electron chi connectivity index (χ1n) is 8.81. The van der Waals surface area contributed by atoms with Crippen molar-refractivity contribution in [2.75, 3.05) is 17.2 Å². The third kappa shape index (κ3) is 6.82. The maximum Gasteiger partial charge on any atom is 0.319 e. The maximum absolute atomic E-state index is 11.8. The van der Waals surface area contributed by atoms with Crippen molar-refractivity contribution in [1.29, 1.82) is 0 Å². The van der Waals surface area contributed by atoms with Crippen molar-refractivity contribution in [3.05, 3.63) is 24.3 Å². The standard InChI is InChI=1S/C18H26N4O3/c1-2-16(23)20-14-7-9-15(10-8-14)22-18(25)19-12-11-17(24)21-13-5-3-4-6-13/h7-10,13H,2-6,11-12H2,1H3,(H,20,23)(H,21,24)(H2,19,22,25). The molecule has 0 saturated heterocycles. The second kappa shape index (κ2) is 9.66. The van der Waals surface area contributed by atoms with Crippen molar-refractivity contribution >= 4 is 29.2 Å². The quantitative estimate of drug-likeness (QED) is 0.610. The molecule has 4 amide bonds. The number of carbonyl (C=O) groups is 3. The largest absolute Gasteiger partial charge is 0.353 e. The first-order chi connectivity index (χ1) is 12.1. The molecular weight excluding hydrogens is 320 g/mol. The lowest BCUT2D eigenvalue weighted by molar-refractivity contribution is -0.121. The van der Waals surface area contributed by atoms with E-state index in [2.05, 4.69) is 21.3 Å². The zero-order valence-electron chi connectivity index (χ0n) is 14.6. The Morgan fingerprint density at radius 3 is 2.16 bits per heavy atom. The molecule has 0 radical (unpaired) electrons. The molecule has 4 N–H and O–H groups in total. The summed E-state index contributed by atoms with van der Waals surface area (Å²) in [7, 11) is 0. The number of amides is 4. The smallest absolute Gasteiger partial charge is 0.319 e. The molecule has 1 aromatic rings. The third-order valence-corrected chi connectivity index (χ3v) is 4.11. The van der Waals surface area contributed by atoms with Crippen molar-refractivity contribution < 1.29 is 14.4 Å². The summed E-state index contributed by atoms with van der Waals surface area (Å²) in [5.74, 6) is -0.0856. The highest BCUT2D eigenvalue weighted by atomic mass is 16.2. The molecule has 136 valence electrons. The first kappa shape index (κ1) is 18.8. The van der Waals surface area contributed by atoms with Crippen LogP contribution >= 0.6 is 0 Å². The van der Waals surface area contributed by atoms with Crippen molar-refractivity contribution in [3.63, 3.8) is 0 Å². The number of hydrogen-bond acceptors (Lipinski definition) is 3. The Kier molecular flexibility index (Phi) is 7.25. The average Bonchev–Trinajstić information content (AvgIpc) is 3.09. The van der Waals surface area contributed by atoms with E-state index in [1.165, 1.54) is 12.8 Å². The number of nitrogens with one attached hydrogen (secondary N) is 4. The minimum Gasteiger partial charge on any atom is -0.353 e. The number of anilines is 2. The van der Waals surface area contributed by atoms with E-state index in [0.717, 1.165) is 12.8 Å². The van der Waals surface area contributed by atoms with Crippen LogP contribution < -0.4 is 21.3 Å². The van der Waals surface area contributed by atoms with Crippen LogP contribution in [0.25, 0.3) is 0 Å². The Labute approximate surface area is 147 Å². The minimum atomic E-state index is -0.362. The number of hydrogen-bond donors (Lipinski definition) is 4. The Morgan fingerprint density at radius 1 is 0.960 bits per heavy atom. The molecule has 0 bridgehead atoms. The van der Waals surface area contributed by atoms with Crippen LogP contribution in [-0.2, 0) is 9.59 Å². The minimum absolute atomic E-state index is 0.0248. The molecule has 0 aromatic heterocycles. The van der Waals surface area contributed by atoms with Crippen molar-refractivity contribution in [2.45, 2.75) is 51.5 Å². The van der Waals surface area contributed by atoms with Crippen LogP contribution in [0.15, 0.2) is 24.3 Å². The highest BCUT2D eigenvalue weighted by molar-refractivity contribution is 5.92. The van der Waals surface area contributed by atoms with Crippen LogP contribution in [0, 0.1) is 0 Å². The topological polar surface area (TPSA) is 99.3 Å². The predicted molar refractivity (Wildman–Crippen MR) is 97.4 cm³/mol. The van der Waals surface area contributed by atoms with E-state index in [4.69, 9.17) is 0 Å². The third-order valence-electron chi connectivity index (χ3n) is 4.11. The summed E-state index contributed by atoms with van der Waals surface area (Å²) in [4.78, 5) is 34.9. The van der Waals surface area contributed by atoms with Crippen LogP contribution in [0.4, 0.5) is 16.2 Å². The van der Waals surface area contributed by atoms with Gasteiger partial charge in [-0.1, -0.05) is 19.8 Å². The summed E-state index contributed by atoms with van der Waals surface area (Å²) in [5.41, 5.74) is 1.30. The van der Waals surface area contributed by atoms with Gasteiger partial charge in [0.2, 0.25) is 11.8 Å². The maximum atomic E-state index is 11.8. The molecule has 0 heterocycles. The van der Waals surface area contributed by atoms with E-state index in [9.17, 15) is 14.4 Å². The lowest BCUT2D eigenvalue weighted by atomic mass is 10.2.